The summed E-state index contributed by atoms with van der Waals surface area (Å²) in [6.07, 6.45) is 1.42. The quantitative estimate of drug-likeness (QED) is 0.598. The Balaban J connectivity index is 2.09. The predicted molar refractivity (Wildman–Crippen MR) is 81.3 cm³/mol. The van der Waals surface area contributed by atoms with Crippen LogP contribution in [0.3, 0.4) is 0 Å². The molecular weight excluding hydrogens is 284 g/mol. The minimum atomic E-state index is -0.391. The summed E-state index contributed by atoms with van der Waals surface area (Å²) < 4.78 is 10.3. The average Bonchev–Trinajstić information content (AvgIpc) is 2.67. The number of carbonyl (C=O) groups excluding carboxylic acids is 2. The van der Waals surface area contributed by atoms with Gasteiger partial charge in [0.05, 0.1) is 26.1 Å². The Kier molecular flexibility index (Phi) is 5.77. The minimum Gasteiger partial charge on any atom is -0.494 e. The van der Waals surface area contributed by atoms with Crippen molar-refractivity contribution in [3.05, 3.63) is 29.3 Å². The van der Waals surface area contributed by atoms with Crippen LogP contribution in [0, 0.1) is 5.92 Å². The third-order valence-electron chi connectivity index (χ3n) is 3.73. The van der Waals surface area contributed by atoms with Crippen molar-refractivity contribution in [1.29, 1.82) is 0 Å². The highest BCUT2D eigenvalue weighted by atomic mass is 16.5. The lowest BCUT2D eigenvalue weighted by atomic mass is 9.94. The molecule has 6 heteroatoms. The summed E-state index contributed by atoms with van der Waals surface area (Å²) in [4.78, 5) is 23.5. The zero-order valence-corrected chi connectivity index (χ0v) is 12.8. The van der Waals surface area contributed by atoms with E-state index in [0.29, 0.717) is 26.1 Å². The maximum absolute atomic E-state index is 12.1. The molecule has 1 aromatic rings. The van der Waals surface area contributed by atoms with E-state index in [1.807, 2.05) is 18.2 Å². The molecule has 0 bridgehead atoms. The van der Waals surface area contributed by atoms with Crippen molar-refractivity contribution in [2.24, 2.45) is 11.7 Å². The molecule has 1 aromatic carbocycles. The molecule has 1 amide bonds. The van der Waals surface area contributed by atoms with Crippen molar-refractivity contribution in [3.63, 3.8) is 0 Å². The van der Waals surface area contributed by atoms with E-state index >= 15 is 0 Å². The number of carbonyl (C=O) groups is 2. The van der Waals surface area contributed by atoms with Crippen LogP contribution in [0.15, 0.2) is 18.2 Å². The fraction of sp³-hybridized carbons (Fsp3) is 0.500. The SMILES string of the molecule is COC(=O)CC1Cc2ccc(OCCCN)cc2CNC1=O. The molecular formula is C16H22N2O4. The standard InChI is InChI=1S/C16H22N2O4/c1-21-15(19)9-12-7-11-3-4-14(22-6-2-5-17)8-13(11)10-18-16(12)20/h3-4,8,12H,2,5-7,9-10,17H2,1H3,(H,18,20). The number of benzene rings is 1. The van der Waals surface area contributed by atoms with Gasteiger partial charge in [-0.15, -0.1) is 0 Å². The molecule has 1 unspecified atom stereocenters. The molecule has 1 aliphatic rings. The third kappa shape index (κ3) is 4.21. The van der Waals surface area contributed by atoms with E-state index in [9.17, 15) is 9.59 Å². The second-order valence-corrected chi connectivity index (χ2v) is 5.32. The van der Waals surface area contributed by atoms with E-state index in [2.05, 4.69) is 10.1 Å². The summed E-state index contributed by atoms with van der Waals surface area (Å²) >= 11 is 0. The van der Waals surface area contributed by atoms with Crippen LogP contribution in [-0.2, 0) is 27.3 Å². The summed E-state index contributed by atoms with van der Waals surface area (Å²) in [7, 11) is 1.33. The zero-order chi connectivity index (χ0) is 15.9. The number of amides is 1. The molecule has 6 nitrogen and oxygen atoms in total. The topological polar surface area (TPSA) is 90.7 Å². The van der Waals surface area contributed by atoms with Gasteiger partial charge in [0.25, 0.3) is 0 Å². The number of rotatable bonds is 6. The van der Waals surface area contributed by atoms with Crippen molar-refractivity contribution >= 4 is 11.9 Å². The summed E-state index contributed by atoms with van der Waals surface area (Å²) in [5.41, 5.74) is 7.51. The monoisotopic (exact) mass is 306 g/mol. The van der Waals surface area contributed by atoms with Gasteiger partial charge in [-0.1, -0.05) is 6.07 Å². The third-order valence-corrected chi connectivity index (χ3v) is 3.73. The fourth-order valence-electron chi connectivity index (χ4n) is 2.46. The molecule has 0 saturated heterocycles. The second-order valence-electron chi connectivity index (χ2n) is 5.32. The lowest BCUT2D eigenvalue weighted by molar-refractivity contribution is -0.144. The van der Waals surface area contributed by atoms with Gasteiger partial charge < -0.3 is 20.5 Å². The van der Waals surface area contributed by atoms with E-state index in [0.717, 1.165) is 23.3 Å². The van der Waals surface area contributed by atoms with Crippen molar-refractivity contribution in [1.82, 2.24) is 5.32 Å². The average molecular weight is 306 g/mol. The van der Waals surface area contributed by atoms with E-state index in [4.69, 9.17) is 10.5 Å². The number of hydrogen-bond acceptors (Lipinski definition) is 5. The first-order valence-corrected chi connectivity index (χ1v) is 7.43. The molecule has 1 atom stereocenters. The van der Waals surface area contributed by atoms with Gasteiger partial charge in [-0.05, 0) is 42.6 Å². The molecule has 0 radical (unpaired) electrons. The number of nitrogens with two attached hydrogens (primary N) is 1. The summed E-state index contributed by atoms with van der Waals surface area (Å²) in [5, 5.41) is 2.85. The van der Waals surface area contributed by atoms with Gasteiger partial charge in [-0.25, -0.2) is 0 Å². The van der Waals surface area contributed by atoms with Crippen LogP contribution in [0.4, 0.5) is 0 Å². The Morgan fingerprint density at radius 3 is 2.95 bits per heavy atom. The number of ether oxygens (including phenoxy) is 2. The Morgan fingerprint density at radius 1 is 1.41 bits per heavy atom. The molecule has 3 N–H and O–H groups in total. The zero-order valence-electron chi connectivity index (χ0n) is 12.8. The molecule has 1 heterocycles. The largest absolute Gasteiger partial charge is 0.494 e. The van der Waals surface area contributed by atoms with Gasteiger partial charge in [-0.3, -0.25) is 9.59 Å². The molecule has 120 valence electrons. The van der Waals surface area contributed by atoms with E-state index < -0.39 is 5.92 Å². The molecule has 0 fully saturated rings. The first kappa shape index (κ1) is 16.3. The highest BCUT2D eigenvalue weighted by Gasteiger charge is 2.26. The smallest absolute Gasteiger partial charge is 0.306 e. The number of nitrogens with one attached hydrogen (secondary N) is 1. The normalized spacial score (nSPS) is 17.2. The lowest BCUT2D eigenvalue weighted by Crippen LogP contribution is -2.30. The summed E-state index contributed by atoms with van der Waals surface area (Å²) in [6.45, 7) is 1.61. The second kappa shape index (κ2) is 7.79. The van der Waals surface area contributed by atoms with Crippen LogP contribution < -0.4 is 15.8 Å². The number of methoxy groups -OCH3 is 1. The molecule has 0 saturated carbocycles. The Bertz CT molecular complexity index is 545. The lowest BCUT2D eigenvalue weighted by Gasteiger charge is -2.12. The molecule has 0 aromatic heterocycles. The summed E-state index contributed by atoms with van der Waals surface area (Å²) in [5.74, 6) is -0.108. The van der Waals surface area contributed by atoms with Crippen LogP contribution in [0.25, 0.3) is 0 Å². The highest BCUT2D eigenvalue weighted by molar-refractivity contribution is 5.84. The molecule has 1 aliphatic heterocycles. The van der Waals surface area contributed by atoms with Gasteiger partial charge in [0.2, 0.25) is 5.91 Å². The Labute approximate surface area is 130 Å². The molecule has 2 rings (SSSR count). The number of fused-ring (bicyclic) bond motifs is 1. The van der Waals surface area contributed by atoms with Crippen molar-refractivity contribution < 1.29 is 19.1 Å². The molecule has 22 heavy (non-hydrogen) atoms. The molecule has 0 spiro atoms. The van der Waals surface area contributed by atoms with Crippen LogP contribution in [0.5, 0.6) is 5.75 Å². The van der Waals surface area contributed by atoms with Crippen LogP contribution >= 0.6 is 0 Å². The van der Waals surface area contributed by atoms with Crippen LogP contribution in [-0.4, -0.2) is 32.1 Å². The van der Waals surface area contributed by atoms with Gasteiger partial charge >= 0.3 is 5.97 Å². The maximum atomic E-state index is 12.1. The first-order valence-electron chi connectivity index (χ1n) is 7.43. The maximum Gasteiger partial charge on any atom is 0.306 e. The highest BCUT2D eigenvalue weighted by Crippen LogP contribution is 2.25. The van der Waals surface area contributed by atoms with Gasteiger partial charge in [0.15, 0.2) is 0 Å². The van der Waals surface area contributed by atoms with Gasteiger partial charge in [0, 0.05) is 6.54 Å². The van der Waals surface area contributed by atoms with E-state index in [1.165, 1.54) is 7.11 Å². The van der Waals surface area contributed by atoms with E-state index in [1.54, 1.807) is 0 Å². The van der Waals surface area contributed by atoms with Crippen molar-refractivity contribution in [3.8, 4) is 5.75 Å². The minimum absolute atomic E-state index is 0.0938. The number of hydrogen-bond donors (Lipinski definition) is 2. The predicted octanol–water partition coefficient (Wildman–Crippen LogP) is 0.766. The van der Waals surface area contributed by atoms with Crippen molar-refractivity contribution in [2.75, 3.05) is 20.3 Å². The van der Waals surface area contributed by atoms with Gasteiger partial charge in [0.1, 0.15) is 5.75 Å². The van der Waals surface area contributed by atoms with Crippen LogP contribution in [0.1, 0.15) is 24.0 Å². The molecule has 0 aliphatic carbocycles. The fourth-order valence-corrected chi connectivity index (χ4v) is 2.46. The van der Waals surface area contributed by atoms with Crippen molar-refractivity contribution in [2.45, 2.75) is 25.8 Å². The number of esters is 1. The summed E-state index contributed by atoms with van der Waals surface area (Å²) in [6, 6.07) is 5.78. The first-order chi connectivity index (χ1) is 10.6. The Hall–Kier alpha value is -2.08. The van der Waals surface area contributed by atoms with E-state index in [-0.39, 0.29) is 18.3 Å². The van der Waals surface area contributed by atoms with Gasteiger partial charge in [-0.2, -0.15) is 0 Å². The van der Waals surface area contributed by atoms with Crippen LogP contribution in [0.2, 0.25) is 0 Å². The Morgan fingerprint density at radius 2 is 2.23 bits per heavy atom.